The van der Waals surface area contributed by atoms with E-state index in [1.165, 1.54) is 12.8 Å². The first-order valence-corrected chi connectivity index (χ1v) is 7.03. The van der Waals surface area contributed by atoms with Crippen LogP contribution in [0, 0.1) is 0 Å². The quantitative estimate of drug-likeness (QED) is 0.828. The van der Waals surface area contributed by atoms with Gasteiger partial charge in [0.05, 0.1) is 11.6 Å². The number of carbonyl (C=O) groups excluding carboxylic acids is 1. The molecular formula is C14H28N2O2. The lowest BCUT2D eigenvalue weighted by Gasteiger charge is -2.33. The second-order valence-electron chi connectivity index (χ2n) is 6.14. The zero-order chi connectivity index (χ0) is 13.8. The smallest absolute Gasteiger partial charge is 0.239 e. The molecule has 1 aliphatic heterocycles. The van der Waals surface area contributed by atoms with Crippen molar-refractivity contribution in [1.82, 2.24) is 9.80 Å². The summed E-state index contributed by atoms with van der Waals surface area (Å²) in [6, 6.07) is -0.158. The van der Waals surface area contributed by atoms with Crippen LogP contribution in [0.3, 0.4) is 0 Å². The van der Waals surface area contributed by atoms with Gasteiger partial charge in [0, 0.05) is 19.6 Å². The molecule has 18 heavy (non-hydrogen) atoms. The van der Waals surface area contributed by atoms with Gasteiger partial charge in [-0.15, -0.1) is 0 Å². The predicted octanol–water partition coefficient (Wildman–Crippen LogP) is 1.48. The number of carbonyl (C=O) groups is 1. The van der Waals surface area contributed by atoms with Gasteiger partial charge in [-0.1, -0.05) is 12.8 Å². The molecule has 1 N–H and O–H groups in total. The van der Waals surface area contributed by atoms with Crippen LogP contribution in [-0.2, 0) is 4.79 Å². The number of nitrogens with zero attached hydrogens (tertiary/aromatic N) is 2. The Morgan fingerprint density at radius 3 is 2.22 bits per heavy atom. The molecule has 1 amide bonds. The molecule has 0 saturated carbocycles. The molecule has 0 spiro atoms. The van der Waals surface area contributed by atoms with Crippen molar-refractivity contribution in [2.24, 2.45) is 0 Å². The lowest BCUT2D eigenvalue weighted by Crippen LogP contribution is -2.49. The summed E-state index contributed by atoms with van der Waals surface area (Å²) in [6.45, 7) is 7.75. The molecule has 0 aromatic heterocycles. The summed E-state index contributed by atoms with van der Waals surface area (Å²) in [5, 5.41) is 9.81. The Bertz CT molecular complexity index is 265. The summed E-state index contributed by atoms with van der Waals surface area (Å²) in [4.78, 5) is 16.3. The van der Waals surface area contributed by atoms with Crippen LogP contribution in [-0.4, -0.2) is 59.1 Å². The van der Waals surface area contributed by atoms with E-state index in [-0.39, 0.29) is 11.9 Å². The molecule has 0 aromatic rings. The minimum absolute atomic E-state index is 0.158. The topological polar surface area (TPSA) is 43.8 Å². The fourth-order valence-electron chi connectivity index (χ4n) is 2.49. The standard InChI is InChI=1S/C14H28N2O2/c1-12(15(4)11-14(2,3)18)13(17)16-9-7-5-6-8-10-16/h12,18H,5-11H2,1-4H3. The van der Waals surface area contributed by atoms with Crippen LogP contribution in [0.5, 0.6) is 0 Å². The fourth-order valence-corrected chi connectivity index (χ4v) is 2.49. The predicted molar refractivity (Wildman–Crippen MR) is 73.4 cm³/mol. The molecule has 106 valence electrons. The van der Waals surface area contributed by atoms with Gasteiger partial charge in [0.15, 0.2) is 0 Å². The molecule has 1 atom stereocenters. The third kappa shape index (κ3) is 4.94. The fraction of sp³-hybridized carbons (Fsp3) is 0.929. The largest absolute Gasteiger partial charge is 0.389 e. The van der Waals surface area contributed by atoms with E-state index in [1.807, 2.05) is 23.8 Å². The van der Waals surface area contributed by atoms with E-state index in [4.69, 9.17) is 0 Å². The molecule has 1 fully saturated rings. The van der Waals surface area contributed by atoms with E-state index in [2.05, 4.69) is 0 Å². The van der Waals surface area contributed by atoms with Gasteiger partial charge in [-0.05, 0) is 40.7 Å². The summed E-state index contributed by atoms with van der Waals surface area (Å²) < 4.78 is 0. The first-order chi connectivity index (χ1) is 8.31. The highest BCUT2D eigenvalue weighted by molar-refractivity contribution is 5.81. The molecule has 1 rings (SSSR count). The first kappa shape index (κ1) is 15.4. The SMILES string of the molecule is CC(C(=O)N1CCCCCC1)N(C)CC(C)(C)O. The lowest BCUT2D eigenvalue weighted by molar-refractivity contribution is -0.136. The number of aliphatic hydroxyl groups is 1. The van der Waals surface area contributed by atoms with Gasteiger partial charge >= 0.3 is 0 Å². The maximum absolute atomic E-state index is 12.4. The Balaban J connectivity index is 2.53. The van der Waals surface area contributed by atoms with Gasteiger partial charge < -0.3 is 10.0 Å². The molecular weight excluding hydrogens is 228 g/mol. The Morgan fingerprint density at radius 2 is 1.78 bits per heavy atom. The summed E-state index contributed by atoms with van der Waals surface area (Å²) in [6.07, 6.45) is 4.71. The average Bonchev–Trinajstić information content (AvgIpc) is 2.53. The highest BCUT2D eigenvalue weighted by atomic mass is 16.3. The van der Waals surface area contributed by atoms with Crippen LogP contribution in [0.1, 0.15) is 46.5 Å². The first-order valence-electron chi connectivity index (χ1n) is 7.03. The summed E-state index contributed by atoms with van der Waals surface area (Å²) >= 11 is 0. The Kier molecular flexibility index (Phi) is 5.60. The number of hydrogen-bond donors (Lipinski definition) is 1. The van der Waals surface area contributed by atoms with E-state index in [9.17, 15) is 9.90 Å². The van der Waals surface area contributed by atoms with E-state index in [1.54, 1.807) is 13.8 Å². The van der Waals surface area contributed by atoms with Gasteiger partial charge in [-0.3, -0.25) is 9.69 Å². The Labute approximate surface area is 111 Å². The van der Waals surface area contributed by atoms with Gasteiger partial charge in [-0.25, -0.2) is 0 Å². The summed E-state index contributed by atoms with van der Waals surface area (Å²) in [5.41, 5.74) is -0.762. The molecule has 1 heterocycles. The molecule has 4 heteroatoms. The van der Waals surface area contributed by atoms with Crippen LogP contribution < -0.4 is 0 Å². The molecule has 1 unspecified atom stereocenters. The molecule has 0 radical (unpaired) electrons. The maximum atomic E-state index is 12.4. The van der Waals surface area contributed by atoms with Crippen molar-refractivity contribution in [3.05, 3.63) is 0 Å². The zero-order valence-electron chi connectivity index (χ0n) is 12.3. The number of rotatable bonds is 4. The molecule has 1 aliphatic rings. The molecule has 0 bridgehead atoms. The number of likely N-dealkylation sites (tertiary alicyclic amines) is 1. The number of likely N-dealkylation sites (N-methyl/N-ethyl adjacent to an activating group) is 1. The highest BCUT2D eigenvalue weighted by Gasteiger charge is 2.27. The number of hydrogen-bond acceptors (Lipinski definition) is 3. The third-order valence-corrected chi connectivity index (χ3v) is 3.57. The molecule has 0 aliphatic carbocycles. The maximum Gasteiger partial charge on any atom is 0.239 e. The van der Waals surface area contributed by atoms with Crippen molar-refractivity contribution >= 4 is 5.91 Å². The van der Waals surface area contributed by atoms with E-state index in [0.717, 1.165) is 25.9 Å². The van der Waals surface area contributed by atoms with Crippen molar-refractivity contribution in [1.29, 1.82) is 0 Å². The Morgan fingerprint density at radius 1 is 1.28 bits per heavy atom. The third-order valence-electron chi connectivity index (χ3n) is 3.57. The van der Waals surface area contributed by atoms with Crippen molar-refractivity contribution in [3.8, 4) is 0 Å². The van der Waals surface area contributed by atoms with Gasteiger partial charge in [0.2, 0.25) is 5.91 Å². The second-order valence-corrected chi connectivity index (χ2v) is 6.14. The normalized spacial score (nSPS) is 19.8. The van der Waals surface area contributed by atoms with E-state index in [0.29, 0.717) is 6.54 Å². The van der Waals surface area contributed by atoms with Crippen LogP contribution >= 0.6 is 0 Å². The minimum Gasteiger partial charge on any atom is -0.389 e. The van der Waals surface area contributed by atoms with Gasteiger partial charge in [0.1, 0.15) is 0 Å². The number of amides is 1. The van der Waals surface area contributed by atoms with Crippen LogP contribution in [0.2, 0.25) is 0 Å². The zero-order valence-corrected chi connectivity index (χ0v) is 12.3. The van der Waals surface area contributed by atoms with Crippen LogP contribution in [0.15, 0.2) is 0 Å². The van der Waals surface area contributed by atoms with E-state index >= 15 is 0 Å². The molecule has 1 saturated heterocycles. The van der Waals surface area contributed by atoms with Gasteiger partial charge in [-0.2, -0.15) is 0 Å². The average molecular weight is 256 g/mol. The van der Waals surface area contributed by atoms with Crippen molar-refractivity contribution in [3.63, 3.8) is 0 Å². The lowest BCUT2D eigenvalue weighted by atomic mass is 10.1. The van der Waals surface area contributed by atoms with Crippen molar-refractivity contribution in [2.45, 2.75) is 58.1 Å². The minimum atomic E-state index is -0.762. The monoisotopic (exact) mass is 256 g/mol. The van der Waals surface area contributed by atoms with E-state index < -0.39 is 5.60 Å². The van der Waals surface area contributed by atoms with Gasteiger partial charge in [0.25, 0.3) is 0 Å². The summed E-state index contributed by atoms with van der Waals surface area (Å²) in [7, 11) is 1.90. The second kappa shape index (κ2) is 6.53. The Hall–Kier alpha value is -0.610. The van der Waals surface area contributed by atoms with Crippen LogP contribution in [0.25, 0.3) is 0 Å². The highest BCUT2D eigenvalue weighted by Crippen LogP contribution is 2.13. The van der Waals surface area contributed by atoms with Crippen LogP contribution in [0.4, 0.5) is 0 Å². The molecule has 4 nitrogen and oxygen atoms in total. The van der Waals surface area contributed by atoms with Crippen molar-refractivity contribution in [2.75, 3.05) is 26.7 Å². The molecule has 0 aromatic carbocycles. The summed E-state index contributed by atoms with van der Waals surface area (Å²) in [5.74, 6) is 0.198. The van der Waals surface area contributed by atoms with Crippen molar-refractivity contribution < 1.29 is 9.90 Å².